The molecule has 3 heteroatoms. The molecule has 0 radical (unpaired) electrons. The highest BCUT2D eigenvalue weighted by Crippen LogP contribution is 2.23. The number of hydrogen-bond donors (Lipinski definition) is 1. The summed E-state index contributed by atoms with van der Waals surface area (Å²) < 4.78 is 6.48. The Bertz CT molecular complexity index is 299. The second kappa shape index (κ2) is 5.49. The fraction of sp³-hybridized carbons (Fsp3) is 0.455. The monoisotopic (exact) mass is 258 g/mol. The van der Waals surface area contributed by atoms with Crippen molar-refractivity contribution in [2.45, 2.75) is 20.0 Å². The zero-order chi connectivity index (χ0) is 10.6. The van der Waals surface area contributed by atoms with E-state index in [0.717, 1.165) is 15.6 Å². The van der Waals surface area contributed by atoms with E-state index in [1.807, 2.05) is 32.0 Å². The molecule has 2 nitrogen and oxygen atoms in total. The highest BCUT2D eigenvalue weighted by molar-refractivity contribution is 9.10. The molecule has 1 aromatic rings. The molecule has 0 saturated heterocycles. The van der Waals surface area contributed by atoms with Crippen LogP contribution in [0.5, 0.6) is 0 Å². The average Bonchev–Trinajstić information content (AvgIpc) is 2.15. The van der Waals surface area contributed by atoms with Crippen molar-refractivity contribution in [1.29, 1.82) is 0 Å². The van der Waals surface area contributed by atoms with E-state index in [9.17, 15) is 0 Å². The Labute approximate surface area is 93.0 Å². The molecule has 0 saturated carbocycles. The molecule has 0 fully saturated rings. The van der Waals surface area contributed by atoms with Crippen LogP contribution >= 0.6 is 15.9 Å². The van der Waals surface area contributed by atoms with Gasteiger partial charge in [0, 0.05) is 11.1 Å². The molecule has 1 N–H and O–H groups in total. The first-order chi connectivity index (χ1) is 6.69. The predicted molar refractivity (Wildman–Crippen MR) is 60.3 cm³/mol. The zero-order valence-electron chi connectivity index (χ0n) is 8.46. The van der Waals surface area contributed by atoms with Crippen molar-refractivity contribution >= 4 is 15.9 Å². The summed E-state index contributed by atoms with van der Waals surface area (Å²) in [5.74, 6) is 0. The van der Waals surface area contributed by atoms with Crippen LogP contribution in [-0.4, -0.2) is 18.3 Å². The van der Waals surface area contributed by atoms with E-state index in [1.54, 1.807) is 0 Å². The lowest BCUT2D eigenvalue weighted by Gasteiger charge is -2.17. The fourth-order valence-electron chi connectivity index (χ4n) is 1.44. The molecular weight excluding hydrogens is 244 g/mol. The Balaban J connectivity index is 2.92. The SMILES string of the molecule is CCO[C@@H](CO)c1ccc(Br)cc1C. The summed E-state index contributed by atoms with van der Waals surface area (Å²) in [4.78, 5) is 0. The molecule has 78 valence electrons. The third kappa shape index (κ3) is 2.80. The van der Waals surface area contributed by atoms with Crippen LogP contribution < -0.4 is 0 Å². The summed E-state index contributed by atoms with van der Waals surface area (Å²) >= 11 is 3.40. The van der Waals surface area contributed by atoms with Gasteiger partial charge < -0.3 is 9.84 Å². The molecule has 0 spiro atoms. The van der Waals surface area contributed by atoms with Crippen molar-refractivity contribution in [2.24, 2.45) is 0 Å². The number of ether oxygens (including phenoxy) is 1. The lowest BCUT2D eigenvalue weighted by molar-refractivity contribution is 0.0186. The zero-order valence-corrected chi connectivity index (χ0v) is 10.0. The van der Waals surface area contributed by atoms with Gasteiger partial charge in [-0.25, -0.2) is 0 Å². The molecule has 0 bridgehead atoms. The molecular formula is C11H15BrO2. The summed E-state index contributed by atoms with van der Waals surface area (Å²) in [7, 11) is 0. The van der Waals surface area contributed by atoms with Crippen molar-refractivity contribution < 1.29 is 9.84 Å². The maximum Gasteiger partial charge on any atom is 0.106 e. The van der Waals surface area contributed by atoms with Crippen LogP contribution in [0.3, 0.4) is 0 Å². The van der Waals surface area contributed by atoms with E-state index < -0.39 is 0 Å². The van der Waals surface area contributed by atoms with Gasteiger partial charge in [-0.15, -0.1) is 0 Å². The second-order valence-corrected chi connectivity index (χ2v) is 4.04. The molecule has 0 heterocycles. The predicted octanol–water partition coefficient (Wildman–Crippen LogP) is 2.83. The molecule has 0 amide bonds. The molecule has 1 rings (SSSR count). The van der Waals surface area contributed by atoms with Crippen LogP contribution in [0.2, 0.25) is 0 Å². The van der Waals surface area contributed by atoms with E-state index in [2.05, 4.69) is 15.9 Å². The van der Waals surface area contributed by atoms with Crippen LogP contribution in [0.4, 0.5) is 0 Å². The first kappa shape index (κ1) is 11.7. The Morgan fingerprint density at radius 2 is 2.21 bits per heavy atom. The number of hydrogen-bond acceptors (Lipinski definition) is 2. The van der Waals surface area contributed by atoms with E-state index in [-0.39, 0.29) is 12.7 Å². The largest absolute Gasteiger partial charge is 0.393 e. The first-order valence-electron chi connectivity index (χ1n) is 4.67. The van der Waals surface area contributed by atoms with Crippen molar-refractivity contribution in [3.8, 4) is 0 Å². The van der Waals surface area contributed by atoms with Crippen molar-refractivity contribution in [3.05, 3.63) is 33.8 Å². The van der Waals surface area contributed by atoms with Gasteiger partial charge in [0.15, 0.2) is 0 Å². The number of aryl methyl sites for hydroxylation is 1. The molecule has 0 aliphatic heterocycles. The summed E-state index contributed by atoms with van der Waals surface area (Å²) in [5, 5.41) is 9.17. The number of aliphatic hydroxyl groups is 1. The van der Waals surface area contributed by atoms with Crippen molar-refractivity contribution in [3.63, 3.8) is 0 Å². The minimum Gasteiger partial charge on any atom is -0.393 e. The van der Waals surface area contributed by atoms with Gasteiger partial charge in [-0.05, 0) is 37.1 Å². The maximum atomic E-state index is 9.17. The van der Waals surface area contributed by atoms with Gasteiger partial charge in [-0.3, -0.25) is 0 Å². The van der Waals surface area contributed by atoms with Gasteiger partial charge in [0.05, 0.1) is 6.61 Å². The minimum atomic E-state index is -0.201. The topological polar surface area (TPSA) is 29.5 Å². The van der Waals surface area contributed by atoms with Crippen molar-refractivity contribution in [1.82, 2.24) is 0 Å². The van der Waals surface area contributed by atoms with Gasteiger partial charge in [0.1, 0.15) is 6.10 Å². The van der Waals surface area contributed by atoms with Gasteiger partial charge in [-0.2, -0.15) is 0 Å². The second-order valence-electron chi connectivity index (χ2n) is 3.13. The van der Waals surface area contributed by atoms with Crippen LogP contribution in [0, 0.1) is 6.92 Å². The van der Waals surface area contributed by atoms with E-state index >= 15 is 0 Å². The molecule has 0 aliphatic rings. The summed E-state index contributed by atoms with van der Waals surface area (Å²) in [6.45, 7) is 4.58. The van der Waals surface area contributed by atoms with Crippen LogP contribution in [0.15, 0.2) is 22.7 Å². The molecule has 0 unspecified atom stereocenters. The number of aliphatic hydroxyl groups excluding tert-OH is 1. The maximum absolute atomic E-state index is 9.17. The smallest absolute Gasteiger partial charge is 0.106 e. The van der Waals surface area contributed by atoms with Gasteiger partial charge in [-0.1, -0.05) is 22.0 Å². The van der Waals surface area contributed by atoms with E-state index in [0.29, 0.717) is 6.61 Å². The highest BCUT2D eigenvalue weighted by Gasteiger charge is 2.12. The van der Waals surface area contributed by atoms with E-state index in [4.69, 9.17) is 9.84 Å². The lowest BCUT2D eigenvalue weighted by Crippen LogP contribution is -2.10. The fourth-order valence-corrected chi connectivity index (χ4v) is 1.92. The first-order valence-corrected chi connectivity index (χ1v) is 5.46. The van der Waals surface area contributed by atoms with Crippen LogP contribution in [0.1, 0.15) is 24.2 Å². The molecule has 1 aromatic carbocycles. The molecule has 0 aliphatic carbocycles. The lowest BCUT2D eigenvalue weighted by atomic mass is 10.0. The van der Waals surface area contributed by atoms with Crippen LogP contribution in [0.25, 0.3) is 0 Å². The number of rotatable bonds is 4. The Morgan fingerprint density at radius 3 is 2.71 bits per heavy atom. The number of benzene rings is 1. The minimum absolute atomic E-state index is 0.0241. The van der Waals surface area contributed by atoms with Crippen LogP contribution in [-0.2, 0) is 4.74 Å². The Kier molecular flexibility index (Phi) is 4.58. The number of halogens is 1. The Morgan fingerprint density at radius 1 is 1.50 bits per heavy atom. The van der Waals surface area contributed by atoms with Gasteiger partial charge in [0.2, 0.25) is 0 Å². The normalized spacial score (nSPS) is 12.9. The third-order valence-corrected chi connectivity index (χ3v) is 2.61. The van der Waals surface area contributed by atoms with Gasteiger partial charge >= 0.3 is 0 Å². The molecule has 0 aromatic heterocycles. The van der Waals surface area contributed by atoms with Gasteiger partial charge in [0.25, 0.3) is 0 Å². The highest BCUT2D eigenvalue weighted by atomic mass is 79.9. The third-order valence-electron chi connectivity index (χ3n) is 2.11. The average molecular weight is 259 g/mol. The molecule has 14 heavy (non-hydrogen) atoms. The quantitative estimate of drug-likeness (QED) is 0.900. The summed E-state index contributed by atoms with van der Waals surface area (Å²) in [6, 6.07) is 5.97. The van der Waals surface area contributed by atoms with E-state index in [1.165, 1.54) is 0 Å². The van der Waals surface area contributed by atoms with Crippen molar-refractivity contribution in [2.75, 3.05) is 13.2 Å². The molecule has 1 atom stereocenters. The summed E-state index contributed by atoms with van der Waals surface area (Å²) in [6.07, 6.45) is -0.201. The Hall–Kier alpha value is -0.380. The summed E-state index contributed by atoms with van der Waals surface area (Å²) in [5.41, 5.74) is 2.18. The standard InChI is InChI=1S/C11H15BrO2/c1-3-14-11(7-13)10-5-4-9(12)6-8(10)2/h4-6,11,13H,3,7H2,1-2H3/t11-/m0/s1.